The Hall–Kier alpha value is -0.650. The van der Waals surface area contributed by atoms with Crippen LogP contribution in [0.3, 0.4) is 0 Å². The van der Waals surface area contributed by atoms with E-state index in [9.17, 15) is 9.90 Å². The Morgan fingerprint density at radius 1 is 1.09 bits per heavy atom. The number of likely N-dealkylation sites (N-methyl/N-ethyl adjacent to an activating group) is 1. The van der Waals surface area contributed by atoms with Gasteiger partial charge in [-0.1, -0.05) is 58.8 Å². The third-order valence-corrected chi connectivity index (χ3v) is 4.75. The fourth-order valence-corrected chi connectivity index (χ4v) is 2.62. The van der Waals surface area contributed by atoms with Crippen molar-refractivity contribution in [3.63, 3.8) is 0 Å². The molecule has 0 aliphatic rings. The molecule has 2 N–H and O–H groups in total. The van der Waals surface area contributed by atoms with Crippen molar-refractivity contribution in [3.8, 4) is 0 Å². The van der Waals surface area contributed by atoms with E-state index < -0.39 is 17.7 Å². The quantitative estimate of drug-likeness (QED) is 0.233. The minimum Gasteiger partial charge on any atom is -0.378 e. The summed E-state index contributed by atoms with van der Waals surface area (Å²) in [5, 5.41) is 18.8. The number of aliphatic hydroxyl groups is 1. The van der Waals surface area contributed by atoms with E-state index in [-0.39, 0.29) is 0 Å². The van der Waals surface area contributed by atoms with Gasteiger partial charge in [0.1, 0.15) is 11.8 Å². The third kappa shape index (κ3) is 7.07. The number of nitrogens with zero attached hydrogens (tertiary/aromatic N) is 1. The first-order chi connectivity index (χ1) is 10.4. The Morgan fingerprint density at radius 3 is 2.05 bits per heavy atom. The molecule has 132 valence electrons. The molecule has 5 heteroatoms. The van der Waals surface area contributed by atoms with Gasteiger partial charge in [0.15, 0.2) is 0 Å². The largest absolute Gasteiger partial charge is 0.378 e. The van der Waals surface area contributed by atoms with Gasteiger partial charge >= 0.3 is 5.97 Å². The van der Waals surface area contributed by atoms with Crippen LogP contribution in [0.1, 0.15) is 85.0 Å². The molecule has 0 bridgehead atoms. The van der Waals surface area contributed by atoms with Gasteiger partial charge in [0.05, 0.1) is 0 Å². The van der Waals surface area contributed by atoms with Crippen molar-refractivity contribution in [2.75, 3.05) is 7.05 Å². The fourth-order valence-electron chi connectivity index (χ4n) is 2.62. The van der Waals surface area contributed by atoms with Crippen molar-refractivity contribution in [2.24, 2.45) is 0 Å². The van der Waals surface area contributed by atoms with E-state index >= 15 is 0 Å². The maximum absolute atomic E-state index is 11.7. The Bertz CT molecular complexity index is 298. The minimum absolute atomic E-state index is 0.456. The maximum atomic E-state index is 11.7. The fraction of sp³-hybridized carbons (Fsp3) is 0.941. The predicted octanol–water partition coefficient (Wildman–Crippen LogP) is 3.95. The first-order valence-electron chi connectivity index (χ1n) is 8.70. The lowest BCUT2D eigenvalue weighted by atomic mass is 9.96. The molecule has 0 saturated heterocycles. The summed E-state index contributed by atoms with van der Waals surface area (Å²) in [5.74, 6) is -0.729. The number of rotatable bonds is 13. The maximum Gasteiger partial charge on any atom is 0.361 e. The van der Waals surface area contributed by atoms with Crippen LogP contribution in [0.4, 0.5) is 0 Å². The molecule has 2 unspecified atom stereocenters. The second-order valence-electron chi connectivity index (χ2n) is 6.36. The van der Waals surface area contributed by atoms with Crippen LogP contribution in [0.15, 0.2) is 0 Å². The Balaban J connectivity index is 4.00. The molecule has 0 saturated carbocycles. The van der Waals surface area contributed by atoms with Gasteiger partial charge in [0, 0.05) is 0 Å². The number of carbonyl (C=O) groups is 1. The van der Waals surface area contributed by atoms with Crippen LogP contribution in [0.2, 0.25) is 0 Å². The average molecular weight is 317 g/mol. The molecular weight excluding hydrogens is 282 g/mol. The molecule has 0 rings (SSSR count). The average Bonchev–Trinajstić information content (AvgIpc) is 2.54. The van der Waals surface area contributed by atoms with Crippen LogP contribution >= 0.6 is 0 Å². The van der Waals surface area contributed by atoms with Gasteiger partial charge in [-0.2, -0.15) is 5.26 Å². The van der Waals surface area contributed by atoms with Crippen LogP contribution < -0.4 is 0 Å². The van der Waals surface area contributed by atoms with Crippen LogP contribution in [0.5, 0.6) is 0 Å². The zero-order chi connectivity index (χ0) is 17.0. The van der Waals surface area contributed by atoms with Crippen LogP contribution in [0, 0.1) is 0 Å². The summed E-state index contributed by atoms with van der Waals surface area (Å²) in [6.07, 6.45) is 10.1. The monoisotopic (exact) mass is 317 g/mol. The van der Waals surface area contributed by atoms with Crippen LogP contribution in [-0.2, 0) is 9.68 Å². The van der Waals surface area contributed by atoms with E-state index in [1.54, 1.807) is 18.9 Å². The first kappa shape index (κ1) is 21.4. The number of unbranched alkanes of at least 4 members (excludes halogenated alkanes) is 7. The summed E-state index contributed by atoms with van der Waals surface area (Å²) in [4.78, 5) is 17.2. The zero-order valence-corrected chi connectivity index (χ0v) is 14.8. The summed E-state index contributed by atoms with van der Waals surface area (Å²) >= 11 is 0. The van der Waals surface area contributed by atoms with Gasteiger partial charge in [-0.05, 0) is 33.2 Å². The summed E-state index contributed by atoms with van der Waals surface area (Å²) in [5.41, 5.74) is -1.01. The SMILES string of the molecule is CCCCCCCCCCC(O)N(C)C(C)(CC)C(=O)OO. The lowest BCUT2D eigenvalue weighted by molar-refractivity contribution is -0.249. The van der Waals surface area contributed by atoms with Crippen molar-refractivity contribution in [1.82, 2.24) is 4.90 Å². The molecule has 0 aromatic heterocycles. The lowest BCUT2D eigenvalue weighted by Crippen LogP contribution is -2.54. The van der Waals surface area contributed by atoms with Gasteiger partial charge in [-0.15, -0.1) is 0 Å². The molecule has 0 aromatic carbocycles. The molecule has 2 atom stereocenters. The van der Waals surface area contributed by atoms with Gasteiger partial charge in [-0.25, -0.2) is 4.79 Å². The van der Waals surface area contributed by atoms with E-state index in [4.69, 9.17) is 5.26 Å². The molecule has 5 nitrogen and oxygen atoms in total. The molecule has 0 aliphatic heterocycles. The highest BCUT2D eigenvalue weighted by atomic mass is 17.1. The van der Waals surface area contributed by atoms with Crippen molar-refractivity contribution in [3.05, 3.63) is 0 Å². The standard InChI is InChI=1S/C17H35NO4/c1-5-7-8-9-10-11-12-13-14-15(19)18(4)17(3,6-2)16(20)22-21/h15,19,21H,5-14H2,1-4H3. The van der Waals surface area contributed by atoms with Crippen molar-refractivity contribution >= 4 is 5.97 Å². The van der Waals surface area contributed by atoms with Crippen LogP contribution in [0.25, 0.3) is 0 Å². The number of carbonyl (C=O) groups excluding carboxylic acids is 1. The number of hydrogen-bond donors (Lipinski definition) is 2. The van der Waals surface area contributed by atoms with E-state index in [1.165, 1.54) is 38.5 Å². The smallest absolute Gasteiger partial charge is 0.361 e. The second-order valence-corrected chi connectivity index (χ2v) is 6.36. The summed E-state index contributed by atoms with van der Waals surface area (Å²) in [6, 6.07) is 0. The van der Waals surface area contributed by atoms with E-state index in [0.29, 0.717) is 12.8 Å². The molecule has 0 radical (unpaired) electrons. The minimum atomic E-state index is -1.01. The Labute approximate surface area is 135 Å². The summed E-state index contributed by atoms with van der Waals surface area (Å²) in [7, 11) is 1.69. The predicted molar refractivity (Wildman–Crippen MR) is 88.4 cm³/mol. The number of aliphatic hydroxyl groups excluding tert-OH is 1. The molecular formula is C17H35NO4. The summed E-state index contributed by atoms with van der Waals surface area (Å²) in [6.45, 7) is 5.72. The van der Waals surface area contributed by atoms with Gasteiger partial charge in [0.2, 0.25) is 0 Å². The third-order valence-electron chi connectivity index (χ3n) is 4.75. The molecule has 0 heterocycles. The number of hydrogen-bond acceptors (Lipinski definition) is 5. The highest BCUT2D eigenvalue weighted by Crippen LogP contribution is 2.23. The normalized spacial score (nSPS) is 15.6. The van der Waals surface area contributed by atoms with Gasteiger partial charge < -0.3 is 5.11 Å². The Kier molecular flexibility index (Phi) is 11.5. The molecule has 0 spiro atoms. The first-order valence-corrected chi connectivity index (χ1v) is 8.70. The highest BCUT2D eigenvalue weighted by molar-refractivity contribution is 5.79. The molecule has 0 amide bonds. The van der Waals surface area contributed by atoms with Crippen LogP contribution in [-0.4, -0.2) is 40.0 Å². The van der Waals surface area contributed by atoms with E-state index in [1.807, 2.05) is 6.92 Å². The Morgan fingerprint density at radius 2 is 1.59 bits per heavy atom. The van der Waals surface area contributed by atoms with Gasteiger partial charge in [-0.3, -0.25) is 9.79 Å². The van der Waals surface area contributed by atoms with E-state index in [0.717, 1.165) is 12.8 Å². The van der Waals surface area contributed by atoms with E-state index in [2.05, 4.69) is 11.8 Å². The van der Waals surface area contributed by atoms with Crippen molar-refractivity contribution in [1.29, 1.82) is 0 Å². The molecule has 0 aromatic rings. The highest BCUT2D eigenvalue weighted by Gasteiger charge is 2.40. The van der Waals surface area contributed by atoms with Gasteiger partial charge in [0.25, 0.3) is 0 Å². The lowest BCUT2D eigenvalue weighted by Gasteiger charge is -2.37. The van der Waals surface area contributed by atoms with Crippen molar-refractivity contribution < 1.29 is 20.0 Å². The zero-order valence-electron chi connectivity index (χ0n) is 14.8. The summed E-state index contributed by atoms with van der Waals surface area (Å²) < 4.78 is 0. The topological polar surface area (TPSA) is 70.0 Å². The van der Waals surface area contributed by atoms with Crippen molar-refractivity contribution in [2.45, 2.75) is 96.7 Å². The molecule has 0 fully saturated rings. The molecule has 0 aliphatic carbocycles. The molecule has 22 heavy (non-hydrogen) atoms. The second kappa shape index (κ2) is 11.9.